The van der Waals surface area contributed by atoms with Crippen LogP contribution in [0.4, 0.5) is 17.6 Å². The Hall–Kier alpha value is -3.97. The van der Waals surface area contributed by atoms with Crippen molar-refractivity contribution < 1.29 is 51.8 Å². The second-order valence-corrected chi connectivity index (χ2v) is 9.66. The molecule has 0 radical (unpaired) electrons. The van der Waals surface area contributed by atoms with Gasteiger partial charge in [0, 0.05) is 12.6 Å². The summed E-state index contributed by atoms with van der Waals surface area (Å²) in [5.74, 6) is -4.12. The van der Waals surface area contributed by atoms with Crippen LogP contribution in [0.25, 0.3) is 0 Å². The Morgan fingerprint density at radius 1 is 1.05 bits per heavy atom. The average Bonchev–Trinajstić information content (AvgIpc) is 3.59. The molecule has 0 aromatic carbocycles. The van der Waals surface area contributed by atoms with Gasteiger partial charge >= 0.3 is 25.3 Å². The lowest BCUT2D eigenvalue weighted by molar-refractivity contribution is -0.402. The van der Waals surface area contributed by atoms with Crippen molar-refractivity contribution in [2.75, 3.05) is 12.3 Å². The van der Waals surface area contributed by atoms with Gasteiger partial charge in [0.25, 0.3) is 0 Å². The van der Waals surface area contributed by atoms with Crippen molar-refractivity contribution in [3.05, 3.63) is 78.8 Å². The van der Waals surface area contributed by atoms with Gasteiger partial charge in [0.1, 0.15) is 52.7 Å². The van der Waals surface area contributed by atoms with E-state index in [2.05, 4.69) is 4.98 Å². The van der Waals surface area contributed by atoms with Crippen molar-refractivity contribution in [3.8, 4) is 0 Å². The Morgan fingerprint density at radius 3 is 2.10 bits per heavy atom. The smallest absolute Gasteiger partial charge is 0.403 e. The molecule has 0 amide bonds. The van der Waals surface area contributed by atoms with E-state index in [0.717, 1.165) is 16.7 Å². The molecular weight excluding hydrogens is 553 g/mol. The van der Waals surface area contributed by atoms with Gasteiger partial charge in [0.2, 0.25) is 0 Å². The lowest BCUT2D eigenvalue weighted by Crippen LogP contribution is -2.40. The maximum Gasteiger partial charge on any atom is 0.475 e. The molecule has 1 aliphatic rings. The third-order valence-electron chi connectivity index (χ3n) is 5.24. The molecular formula is C19H20N5O14P. The number of ether oxygens (including phenoxy) is 1. The Bertz CT molecular complexity index is 1400. The quantitative estimate of drug-likeness (QED) is 0.119. The van der Waals surface area contributed by atoms with E-state index in [9.17, 15) is 39.8 Å². The normalized spacial score (nSPS) is 18.8. The van der Waals surface area contributed by atoms with Gasteiger partial charge < -0.3 is 29.5 Å². The SMILES string of the molecule is Nc1ccn([C@H]2CC(O)(O)[C@@H](COP(=O)(OCc3ccc([N+](=O)[O-])o3)OCc3ccc([N+](=O)[O-])o3)O2)c(=O)n1. The molecule has 3 aromatic heterocycles. The van der Waals surface area contributed by atoms with Crippen molar-refractivity contribution in [2.45, 2.75) is 37.8 Å². The number of hydrogen-bond donors (Lipinski definition) is 3. The number of nitro groups is 2. The van der Waals surface area contributed by atoms with Gasteiger partial charge in [-0.15, -0.1) is 0 Å². The fraction of sp³-hybridized carbons (Fsp3) is 0.368. The van der Waals surface area contributed by atoms with Crippen LogP contribution in [0.3, 0.4) is 0 Å². The van der Waals surface area contributed by atoms with E-state index in [1.807, 2.05) is 0 Å². The van der Waals surface area contributed by atoms with Crippen LogP contribution >= 0.6 is 7.82 Å². The third-order valence-corrected chi connectivity index (χ3v) is 6.60. The number of phosphoric ester groups is 1. The zero-order chi connectivity index (χ0) is 28.4. The van der Waals surface area contributed by atoms with Crippen molar-refractivity contribution in [1.29, 1.82) is 0 Å². The first kappa shape index (κ1) is 28.0. The van der Waals surface area contributed by atoms with Gasteiger partial charge in [-0.05, 0) is 18.2 Å². The third kappa shape index (κ3) is 6.73. The summed E-state index contributed by atoms with van der Waals surface area (Å²) in [6.45, 7) is -2.10. The van der Waals surface area contributed by atoms with Gasteiger partial charge in [0.15, 0.2) is 5.79 Å². The Morgan fingerprint density at radius 2 is 1.62 bits per heavy atom. The van der Waals surface area contributed by atoms with E-state index in [1.54, 1.807) is 0 Å². The van der Waals surface area contributed by atoms with Crippen LogP contribution in [0.1, 0.15) is 24.2 Å². The predicted molar refractivity (Wildman–Crippen MR) is 122 cm³/mol. The van der Waals surface area contributed by atoms with Crippen LogP contribution in [-0.4, -0.2) is 48.1 Å². The number of nitrogen functional groups attached to an aromatic ring is 1. The lowest BCUT2D eigenvalue weighted by Gasteiger charge is -2.24. The molecule has 19 nitrogen and oxygen atoms in total. The fourth-order valence-electron chi connectivity index (χ4n) is 3.36. The number of phosphoric acid groups is 1. The first-order chi connectivity index (χ1) is 18.3. The first-order valence-corrected chi connectivity index (χ1v) is 12.3. The zero-order valence-corrected chi connectivity index (χ0v) is 20.4. The molecule has 0 unspecified atom stereocenters. The van der Waals surface area contributed by atoms with E-state index in [0.29, 0.717) is 0 Å². The maximum atomic E-state index is 13.3. The highest BCUT2D eigenvalue weighted by atomic mass is 31.2. The zero-order valence-electron chi connectivity index (χ0n) is 19.6. The van der Waals surface area contributed by atoms with Crippen LogP contribution in [0, 0.1) is 20.2 Å². The Balaban J connectivity index is 1.47. The minimum Gasteiger partial charge on any atom is -0.403 e. The first-order valence-electron chi connectivity index (χ1n) is 10.8. The van der Waals surface area contributed by atoms with Crippen molar-refractivity contribution in [3.63, 3.8) is 0 Å². The Kier molecular flexibility index (Phi) is 7.93. The molecule has 39 heavy (non-hydrogen) atoms. The standard InChI is InChI=1S/C19H20N5O14P/c20-14-5-6-22(18(25)21-14)17-7-19(26,27)13(38-17)10-35-39(32,33-8-11-1-3-15(36-11)23(28)29)34-9-12-2-4-16(37-12)24(30)31/h1-6,13,17,26-27H,7-10H2,(H2,20,21,25)/t13-,17-/m1/s1. The summed E-state index contributed by atoms with van der Waals surface area (Å²) in [5, 5.41) is 42.5. The molecule has 2 atom stereocenters. The van der Waals surface area contributed by atoms with Crippen LogP contribution in [0.15, 0.2) is 50.2 Å². The highest BCUT2D eigenvalue weighted by molar-refractivity contribution is 7.48. The lowest BCUT2D eigenvalue weighted by atomic mass is 10.1. The fourth-order valence-corrected chi connectivity index (χ4v) is 4.47. The topological polar surface area (TPSA) is 268 Å². The van der Waals surface area contributed by atoms with Crippen LogP contribution in [0.2, 0.25) is 0 Å². The summed E-state index contributed by atoms with van der Waals surface area (Å²) in [5.41, 5.74) is 4.63. The van der Waals surface area contributed by atoms with Gasteiger partial charge in [-0.1, -0.05) is 0 Å². The van der Waals surface area contributed by atoms with Gasteiger partial charge in [-0.3, -0.25) is 38.4 Å². The highest BCUT2D eigenvalue weighted by Gasteiger charge is 2.48. The van der Waals surface area contributed by atoms with E-state index in [4.69, 9.17) is 32.9 Å². The number of hydrogen-bond acceptors (Lipinski definition) is 16. The molecule has 210 valence electrons. The summed E-state index contributed by atoms with van der Waals surface area (Å²) >= 11 is 0. The summed E-state index contributed by atoms with van der Waals surface area (Å²) in [6, 6.07) is 5.69. The largest absolute Gasteiger partial charge is 0.475 e. The molecule has 0 spiro atoms. The molecule has 0 saturated carbocycles. The van der Waals surface area contributed by atoms with Crippen LogP contribution in [0.5, 0.6) is 0 Å². The maximum absolute atomic E-state index is 13.3. The molecule has 0 bridgehead atoms. The van der Waals surface area contributed by atoms with E-state index < -0.39 is 79.5 Å². The second-order valence-electron chi connectivity index (χ2n) is 7.99. The minimum atomic E-state index is -4.66. The van der Waals surface area contributed by atoms with Crippen LogP contribution < -0.4 is 11.4 Å². The number of aromatic nitrogens is 2. The number of furan rings is 2. The summed E-state index contributed by atoms with van der Waals surface area (Å²) in [7, 11) is -4.66. The van der Waals surface area contributed by atoms with Gasteiger partial charge in [-0.25, -0.2) is 9.36 Å². The average molecular weight is 573 g/mol. The second kappa shape index (κ2) is 11.0. The number of rotatable bonds is 12. The molecule has 4 rings (SSSR count). The highest BCUT2D eigenvalue weighted by Crippen LogP contribution is 2.52. The number of nitrogens with two attached hydrogens (primary N) is 1. The molecule has 4 N–H and O–H groups in total. The monoisotopic (exact) mass is 573 g/mol. The van der Waals surface area contributed by atoms with E-state index >= 15 is 0 Å². The van der Waals surface area contributed by atoms with Crippen molar-refractivity contribution in [1.82, 2.24) is 9.55 Å². The summed E-state index contributed by atoms with van der Waals surface area (Å²) in [6.07, 6.45) is -2.06. The minimum absolute atomic E-state index is 0.0626. The predicted octanol–water partition coefficient (Wildman–Crippen LogP) is 1.35. The van der Waals surface area contributed by atoms with Crippen molar-refractivity contribution in [2.24, 2.45) is 0 Å². The molecule has 1 saturated heterocycles. The molecule has 4 heterocycles. The molecule has 20 heteroatoms. The molecule has 1 fully saturated rings. The number of anilines is 1. The number of nitrogens with zero attached hydrogens (tertiary/aromatic N) is 4. The summed E-state index contributed by atoms with van der Waals surface area (Å²) in [4.78, 5) is 35.7. The van der Waals surface area contributed by atoms with Crippen molar-refractivity contribution >= 4 is 25.4 Å². The van der Waals surface area contributed by atoms with Crippen LogP contribution in [-0.2, 0) is 36.1 Å². The van der Waals surface area contributed by atoms with E-state index in [1.165, 1.54) is 24.4 Å². The Labute approximate surface area is 216 Å². The van der Waals surface area contributed by atoms with Gasteiger partial charge in [-0.2, -0.15) is 4.98 Å². The number of aliphatic hydroxyl groups is 2. The molecule has 3 aromatic rings. The van der Waals surface area contributed by atoms with Gasteiger partial charge in [0.05, 0.1) is 18.7 Å². The molecule has 0 aliphatic carbocycles. The summed E-state index contributed by atoms with van der Waals surface area (Å²) < 4.78 is 45.2. The molecule has 1 aliphatic heterocycles. The van der Waals surface area contributed by atoms with E-state index in [-0.39, 0.29) is 17.3 Å².